The number of hydrogen-bond acceptors (Lipinski definition) is 7. The Labute approximate surface area is 144 Å². The van der Waals surface area contributed by atoms with Crippen molar-refractivity contribution in [2.24, 2.45) is 0 Å². The number of ether oxygens (including phenoxy) is 3. The van der Waals surface area contributed by atoms with Crippen molar-refractivity contribution in [2.75, 3.05) is 30.6 Å². The van der Waals surface area contributed by atoms with Gasteiger partial charge in [0.05, 0.1) is 6.10 Å². The molecule has 0 spiro atoms. The molecule has 0 aliphatic carbocycles. The molecule has 2 N–H and O–H groups in total. The molecular weight excluding hydrogens is 324 g/mol. The highest BCUT2D eigenvalue weighted by Gasteiger charge is 2.17. The standard InChI is InChI=1S/C17H18N4O4/c22-17(21-11-3-4-14-15(6-11)25-10-24-14)13-7-16(20-9-19-13)18-8-12-2-1-5-23-12/h3-4,6-7,9,12H,1-2,5,8,10H2,(H,21,22)(H,18,19,20). The third-order valence-corrected chi connectivity index (χ3v) is 4.06. The Morgan fingerprint density at radius 1 is 1.20 bits per heavy atom. The van der Waals surface area contributed by atoms with Crippen LogP contribution < -0.4 is 20.1 Å². The topological polar surface area (TPSA) is 94.6 Å². The third-order valence-electron chi connectivity index (χ3n) is 4.06. The molecule has 1 saturated heterocycles. The van der Waals surface area contributed by atoms with Gasteiger partial charge in [-0.3, -0.25) is 4.79 Å². The van der Waals surface area contributed by atoms with Gasteiger partial charge in [-0.25, -0.2) is 9.97 Å². The zero-order valence-electron chi connectivity index (χ0n) is 13.5. The number of fused-ring (bicyclic) bond motifs is 1. The maximum atomic E-state index is 12.4. The van der Waals surface area contributed by atoms with Crippen LogP contribution in [0.25, 0.3) is 0 Å². The number of anilines is 2. The van der Waals surface area contributed by atoms with Gasteiger partial charge in [0.25, 0.3) is 5.91 Å². The van der Waals surface area contributed by atoms with Gasteiger partial charge in [0.1, 0.15) is 17.8 Å². The number of rotatable bonds is 5. The number of carbonyl (C=O) groups is 1. The van der Waals surface area contributed by atoms with E-state index in [1.54, 1.807) is 24.3 Å². The van der Waals surface area contributed by atoms with Gasteiger partial charge in [0.15, 0.2) is 11.5 Å². The lowest BCUT2D eigenvalue weighted by molar-refractivity contribution is 0.102. The zero-order chi connectivity index (χ0) is 17.1. The number of amides is 1. The Morgan fingerprint density at radius 2 is 2.12 bits per heavy atom. The molecule has 25 heavy (non-hydrogen) atoms. The monoisotopic (exact) mass is 342 g/mol. The normalized spacial score (nSPS) is 18.2. The highest BCUT2D eigenvalue weighted by molar-refractivity contribution is 6.03. The molecule has 0 radical (unpaired) electrons. The second-order valence-electron chi connectivity index (χ2n) is 5.83. The van der Waals surface area contributed by atoms with Crippen molar-refractivity contribution in [3.8, 4) is 11.5 Å². The fourth-order valence-corrected chi connectivity index (χ4v) is 2.77. The van der Waals surface area contributed by atoms with E-state index >= 15 is 0 Å². The van der Waals surface area contributed by atoms with Crippen LogP contribution in [0, 0.1) is 0 Å². The van der Waals surface area contributed by atoms with Crippen LogP contribution in [0.3, 0.4) is 0 Å². The molecule has 0 saturated carbocycles. The lowest BCUT2D eigenvalue weighted by atomic mass is 10.2. The number of nitrogens with zero attached hydrogens (tertiary/aromatic N) is 2. The maximum absolute atomic E-state index is 12.4. The van der Waals surface area contributed by atoms with E-state index in [0.29, 0.717) is 29.5 Å². The smallest absolute Gasteiger partial charge is 0.274 e. The molecule has 3 heterocycles. The molecular formula is C17H18N4O4. The van der Waals surface area contributed by atoms with E-state index in [1.165, 1.54) is 6.33 Å². The predicted octanol–water partition coefficient (Wildman–Crippen LogP) is 2.05. The first-order valence-corrected chi connectivity index (χ1v) is 8.16. The van der Waals surface area contributed by atoms with Crippen molar-refractivity contribution < 1.29 is 19.0 Å². The molecule has 130 valence electrons. The first-order valence-electron chi connectivity index (χ1n) is 8.16. The molecule has 1 amide bonds. The molecule has 1 unspecified atom stereocenters. The summed E-state index contributed by atoms with van der Waals surface area (Å²) >= 11 is 0. The molecule has 1 aromatic carbocycles. The van der Waals surface area contributed by atoms with Crippen LogP contribution in [-0.2, 0) is 4.74 Å². The third kappa shape index (κ3) is 3.63. The largest absolute Gasteiger partial charge is 0.454 e. The quantitative estimate of drug-likeness (QED) is 0.858. The van der Waals surface area contributed by atoms with E-state index in [0.717, 1.165) is 19.4 Å². The van der Waals surface area contributed by atoms with Gasteiger partial charge in [-0.05, 0) is 25.0 Å². The zero-order valence-corrected chi connectivity index (χ0v) is 13.5. The van der Waals surface area contributed by atoms with E-state index in [2.05, 4.69) is 20.6 Å². The number of carbonyl (C=O) groups excluding carboxylic acids is 1. The average molecular weight is 342 g/mol. The number of benzene rings is 1. The second-order valence-corrected chi connectivity index (χ2v) is 5.83. The Bertz CT molecular complexity index is 777. The minimum Gasteiger partial charge on any atom is -0.454 e. The van der Waals surface area contributed by atoms with Crippen LogP contribution in [0.15, 0.2) is 30.6 Å². The molecule has 2 aromatic rings. The van der Waals surface area contributed by atoms with E-state index in [9.17, 15) is 4.79 Å². The molecule has 8 nitrogen and oxygen atoms in total. The van der Waals surface area contributed by atoms with Crippen LogP contribution in [-0.4, -0.2) is 41.9 Å². The highest BCUT2D eigenvalue weighted by Crippen LogP contribution is 2.34. The fraction of sp³-hybridized carbons (Fsp3) is 0.353. The van der Waals surface area contributed by atoms with Gasteiger partial charge < -0.3 is 24.8 Å². The minimum atomic E-state index is -0.318. The van der Waals surface area contributed by atoms with Crippen LogP contribution in [0.4, 0.5) is 11.5 Å². The molecule has 2 aliphatic rings. The molecule has 8 heteroatoms. The van der Waals surface area contributed by atoms with Gasteiger partial charge >= 0.3 is 0 Å². The van der Waals surface area contributed by atoms with Crippen LogP contribution in [0.2, 0.25) is 0 Å². The van der Waals surface area contributed by atoms with Crippen molar-refractivity contribution >= 4 is 17.4 Å². The Kier molecular flexibility index (Phi) is 4.34. The average Bonchev–Trinajstić information content (AvgIpc) is 3.31. The first-order chi connectivity index (χ1) is 12.3. The van der Waals surface area contributed by atoms with E-state index in [-0.39, 0.29) is 24.5 Å². The van der Waals surface area contributed by atoms with Crippen LogP contribution in [0.5, 0.6) is 11.5 Å². The summed E-state index contributed by atoms with van der Waals surface area (Å²) in [7, 11) is 0. The van der Waals surface area contributed by atoms with E-state index in [4.69, 9.17) is 14.2 Å². The lowest BCUT2D eigenvalue weighted by Crippen LogP contribution is -2.20. The van der Waals surface area contributed by atoms with Gasteiger partial charge in [-0.1, -0.05) is 0 Å². The molecule has 4 rings (SSSR count). The summed E-state index contributed by atoms with van der Waals surface area (Å²) < 4.78 is 16.1. The van der Waals surface area contributed by atoms with E-state index in [1.807, 2.05) is 0 Å². The van der Waals surface area contributed by atoms with Gasteiger partial charge in [0, 0.05) is 31.0 Å². The van der Waals surface area contributed by atoms with Crippen molar-refractivity contribution in [3.05, 3.63) is 36.3 Å². The Balaban J connectivity index is 1.40. The SMILES string of the molecule is O=C(Nc1ccc2c(c1)OCO2)c1cc(NCC2CCCO2)ncn1. The summed E-state index contributed by atoms with van der Waals surface area (Å²) in [6.45, 7) is 1.66. The summed E-state index contributed by atoms with van der Waals surface area (Å²) in [6.07, 6.45) is 3.68. The summed E-state index contributed by atoms with van der Waals surface area (Å²) in [5.74, 6) is 1.56. The summed E-state index contributed by atoms with van der Waals surface area (Å²) in [5.41, 5.74) is 0.893. The molecule has 1 atom stereocenters. The number of hydrogen-bond donors (Lipinski definition) is 2. The summed E-state index contributed by atoms with van der Waals surface area (Å²) in [5, 5.41) is 5.98. The minimum absolute atomic E-state index is 0.193. The number of nitrogens with one attached hydrogen (secondary N) is 2. The summed E-state index contributed by atoms with van der Waals surface area (Å²) in [4.78, 5) is 20.6. The molecule has 1 aromatic heterocycles. The Hall–Kier alpha value is -2.87. The fourth-order valence-electron chi connectivity index (χ4n) is 2.77. The molecule has 2 aliphatic heterocycles. The predicted molar refractivity (Wildman–Crippen MR) is 90.0 cm³/mol. The summed E-state index contributed by atoms with van der Waals surface area (Å²) in [6, 6.07) is 6.85. The first kappa shape index (κ1) is 15.6. The van der Waals surface area contributed by atoms with Crippen molar-refractivity contribution in [2.45, 2.75) is 18.9 Å². The number of aromatic nitrogens is 2. The highest BCUT2D eigenvalue weighted by atomic mass is 16.7. The van der Waals surface area contributed by atoms with E-state index < -0.39 is 0 Å². The lowest BCUT2D eigenvalue weighted by Gasteiger charge is -2.11. The van der Waals surface area contributed by atoms with Crippen molar-refractivity contribution in [3.63, 3.8) is 0 Å². The van der Waals surface area contributed by atoms with Crippen molar-refractivity contribution in [1.29, 1.82) is 0 Å². The Morgan fingerprint density at radius 3 is 3.00 bits per heavy atom. The maximum Gasteiger partial charge on any atom is 0.274 e. The molecule has 1 fully saturated rings. The van der Waals surface area contributed by atoms with Crippen LogP contribution in [0.1, 0.15) is 23.3 Å². The van der Waals surface area contributed by atoms with Gasteiger partial charge in [-0.2, -0.15) is 0 Å². The van der Waals surface area contributed by atoms with Gasteiger partial charge in [-0.15, -0.1) is 0 Å². The van der Waals surface area contributed by atoms with Crippen molar-refractivity contribution in [1.82, 2.24) is 9.97 Å². The molecule has 0 bridgehead atoms. The van der Waals surface area contributed by atoms with Gasteiger partial charge in [0.2, 0.25) is 6.79 Å². The van der Waals surface area contributed by atoms with Crippen LogP contribution >= 0.6 is 0 Å². The second kappa shape index (κ2) is 6.94.